The van der Waals surface area contributed by atoms with Crippen LogP contribution in [0.15, 0.2) is 84.9 Å². The third-order valence-corrected chi connectivity index (χ3v) is 13.7. The van der Waals surface area contributed by atoms with Crippen LogP contribution in [0.4, 0.5) is 0 Å². The highest BCUT2D eigenvalue weighted by molar-refractivity contribution is 6.10. The van der Waals surface area contributed by atoms with Gasteiger partial charge in [-0.25, -0.2) is 0 Å². The Bertz CT molecular complexity index is 2560. The van der Waals surface area contributed by atoms with Crippen molar-refractivity contribution in [1.82, 2.24) is 19.6 Å². The van der Waals surface area contributed by atoms with Gasteiger partial charge in [-0.2, -0.15) is 0 Å². The van der Waals surface area contributed by atoms with Crippen LogP contribution in [0.3, 0.4) is 0 Å². The normalized spacial score (nSPS) is 13.1. The molecule has 0 aromatic heterocycles. The van der Waals surface area contributed by atoms with E-state index in [1.165, 1.54) is 11.1 Å². The highest BCUT2D eigenvalue weighted by Gasteiger charge is 2.28. The fourth-order valence-corrected chi connectivity index (χ4v) is 9.34. The van der Waals surface area contributed by atoms with Crippen LogP contribution in [-0.4, -0.2) is 94.4 Å². The van der Waals surface area contributed by atoms with Gasteiger partial charge < -0.3 is 40.0 Å². The summed E-state index contributed by atoms with van der Waals surface area (Å²) in [6, 6.07) is 29.1. The molecule has 8 heteroatoms. The van der Waals surface area contributed by atoms with Crippen molar-refractivity contribution >= 4 is 21.5 Å². The molecule has 0 saturated heterocycles. The predicted molar refractivity (Wildman–Crippen MR) is 287 cm³/mol. The first-order valence-electron chi connectivity index (χ1n) is 24.5. The molecule has 8 nitrogen and oxygen atoms in total. The molecule has 6 rings (SSSR count). The zero-order valence-electron chi connectivity index (χ0n) is 44.3. The summed E-state index contributed by atoms with van der Waals surface area (Å²) in [5, 5.41) is 51.6. The molecule has 0 atom stereocenters. The number of likely N-dealkylation sites (N-methyl/N-ethyl adjacent to an activating group) is 4. The second kappa shape index (κ2) is 20.1. The molecule has 0 bridgehead atoms. The number of hydrogen-bond acceptors (Lipinski definition) is 8. The Morgan fingerprint density at radius 3 is 0.912 bits per heavy atom. The number of hydrogen-bond donors (Lipinski definition) is 4. The van der Waals surface area contributed by atoms with Gasteiger partial charge in [-0.15, -0.1) is 0 Å². The van der Waals surface area contributed by atoms with E-state index >= 15 is 0 Å². The number of nitrogens with zero attached hydrogens (tertiary/aromatic N) is 4. The summed E-state index contributed by atoms with van der Waals surface area (Å²) < 4.78 is 0. The Balaban J connectivity index is 1.24. The predicted octanol–water partition coefficient (Wildman–Crippen LogP) is 12.8. The lowest BCUT2D eigenvalue weighted by Gasteiger charge is -2.29. The number of phenols is 4. The van der Waals surface area contributed by atoms with Crippen molar-refractivity contribution in [3.63, 3.8) is 0 Å². The molecule has 6 aromatic carbocycles. The lowest BCUT2D eigenvalue weighted by Crippen LogP contribution is -2.30. The van der Waals surface area contributed by atoms with Crippen molar-refractivity contribution in [1.29, 1.82) is 0 Å². The quantitative estimate of drug-likeness (QED) is 0.0809. The molecule has 0 spiro atoms. The highest BCUT2D eigenvalue weighted by Crippen LogP contribution is 2.48. The van der Waals surface area contributed by atoms with Crippen LogP contribution in [0.2, 0.25) is 0 Å². The molecule has 0 aliphatic heterocycles. The van der Waals surface area contributed by atoms with Crippen LogP contribution in [-0.2, 0) is 47.8 Å². The first-order valence-corrected chi connectivity index (χ1v) is 24.5. The third-order valence-electron chi connectivity index (χ3n) is 13.7. The van der Waals surface area contributed by atoms with Gasteiger partial charge in [0, 0.05) is 85.7 Å². The Hall–Kier alpha value is -5.12. The summed E-state index contributed by atoms with van der Waals surface area (Å²) in [4.78, 5) is 8.95. The van der Waals surface area contributed by atoms with Crippen molar-refractivity contribution in [2.75, 3.05) is 54.4 Å². The monoisotopic (exact) mass is 923 g/mol. The molecule has 366 valence electrons. The van der Waals surface area contributed by atoms with Gasteiger partial charge >= 0.3 is 0 Å². The average molecular weight is 923 g/mol. The molecule has 0 saturated carbocycles. The van der Waals surface area contributed by atoms with Crippen molar-refractivity contribution in [2.24, 2.45) is 0 Å². The summed E-state index contributed by atoms with van der Waals surface area (Å²) in [6.45, 7) is 31.4. The smallest absolute Gasteiger partial charge is 0.128 e. The van der Waals surface area contributed by atoms with Gasteiger partial charge in [0.2, 0.25) is 0 Å². The zero-order chi connectivity index (χ0) is 50.3. The van der Waals surface area contributed by atoms with Gasteiger partial charge in [-0.3, -0.25) is 0 Å². The van der Waals surface area contributed by atoms with E-state index in [-0.39, 0.29) is 33.2 Å². The minimum atomic E-state index is -0.192. The summed E-state index contributed by atoms with van der Waals surface area (Å²) >= 11 is 0. The summed E-state index contributed by atoms with van der Waals surface area (Å²) in [5.74, 6) is 1.10. The molecule has 4 N–H and O–H groups in total. The molecule has 0 aliphatic rings. The number of fused-ring (bicyclic) bond motifs is 2. The first kappa shape index (κ1) is 52.3. The van der Waals surface area contributed by atoms with Gasteiger partial charge in [0.25, 0.3) is 0 Å². The van der Waals surface area contributed by atoms with Crippen LogP contribution in [0, 0.1) is 0 Å². The van der Waals surface area contributed by atoms with E-state index in [2.05, 4.69) is 179 Å². The minimum absolute atomic E-state index is 0.0511. The van der Waals surface area contributed by atoms with Crippen LogP contribution < -0.4 is 0 Å². The van der Waals surface area contributed by atoms with Gasteiger partial charge in [-0.05, 0) is 106 Å². The molecule has 0 unspecified atom stereocenters. The molecule has 68 heavy (non-hydrogen) atoms. The van der Waals surface area contributed by atoms with E-state index in [0.717, 1.165) is 81.1 Å². The summed E-state index contributed by atoms with van der Waals surface area (Å²) in [7, 11) is 8.34. The van der Waals surface area contributed by atoms with E-state index in [1.807, 2.05) is 36.4 Å². The molecule has 0 aliphatic carbocycles. The number of rotatable bonds is 15. The topological polar surface area (TPSA) is 93.9 Å². The van der Waals surface area contributed by atoms with E-state index in [1.54, 1.807) is 0 Å². The Morgan fingerprint density at radius 1 is 0.353 bits per heavy atom. The number of benzene rings is 6. The maximum absolute atomic E-state index is 12.4. The van der Waals surface area contributed by atoms with Crippen molar-refractivity contribution in [2.45, 2.75) is 131 Å². The SMILES string of the molecule is CN(CCN(C)Cc1cc2ccccc2c(-c2c(O)c(CN(C)CCN(C)Cc3cc(C(C)(C)C)cc(C(C)(C)C)c3O)cc3ccccc23)c1O)Cc1cc(C(C)(C)C)cc(C(C)(C)C)c1O. The fourth-order valence-electron chi connectivity index (χ4n) is 9.34. The zero-order valence-corrected chi connectivity index (χ0v) is 44.3. The molecular weight excluding hydrogens is 841 g/mol. The Kier molecular flexibility index (Phi) is 15.4. The fraction of sp³-hybridized carbons (Fsp3) is 0.467. The molecular formula is C60H82N4O4. The Labute approximate surface area is 408 Å². The molecule has 0 amide bonds. The van der Waals surface area contributed by atoms with E-state index < -0.39 is 0 Å². The van der Waals surface area contributed by atoms with Crippen molar-refractivity contribution in [3.8, 4) is 34.1 Å². The maximum Gasteiger partial charge on any atom is 0.128 e. The summed E-state index contributed by atoms with van der Waals surface area (Å²) in [6.07, 6.45) is 0. The molecule has 6 aromatic rings. The van der Waals surface area contributed by atoms with E-state index in [0.29, 0.717) is 48.8 Å². The van der Waals surface area contributed by atoms with Gasteiger partial charge in [0.05, 0.1) is 0 Å². The van der Waals surface area contributed by atoms with E-state index in [4.69, 9.17) is 0 Å². The highest BCUT2D eigenvalue weighted by atomic mass is 16.3. The minimum Gasteiger partial charge on any atom is -0.507 e. The van der Waals surface area contributed by atoms with Crippen LogP contribution in [0.25, 0.3) is 32.7 Å². The standard InChI is InChI=1S/C60H82N4O4/c1-57(2,3)45-31-43(53(65)49(33-45)59(7,8)9)37-63(15)27-25-61(13)35-41-29-39-21-17-19-23-47(39)51(55(41)67)52-48-24-20-18-22-40(48)30-42(56(52)68)36-62(14)26-28-64(16)38-44-32-46(58(4,5)6)34-50(54(44)66)60(10,11)12/h17-24,29-34,65-68H,25-28,35-38H2,1-16H3. The largest absolute Gasteiger partial charge is 0.507 e. The first-order chi connectivity index (χ1) is 31.5. The van der Waals surface area contributed by atoms with Crippen LogP contribution in [0.5, 0.6) is 23.0 Å². The molecule has 0 heterocycles. The number of aromatic hydroxyl groups is 4. The maximum atomic E-state index is 12.4. The van der Waals surface area contributed by atoms with Crippen molar-refractivity contribution < 1.29 is 20.4 Å². The van der Waals surface area contributed by atoms with Gasteiger partial charge in [0.1, 0.15) is 23.0 Å². The van der Waals surface area contributed by atoms with Gasteiger partial charge in [-0.1, -0.05) is 156 Å². The molecule has 0 radical (unpaired) electrons. The lowest BCUT2D eigenvalue weighted by atomic mass is 9.79. The average Bonchev–Trinajstić information content (AvgIpc) is 3.23. The second-order valence-electron chi connectivity index (χ2n) is 24.0. The lowest BCUT2D eigenvalue weighted by molar-refractivity contribution is 0.243. The second-order valence-corrected chi connectivity index (χ2v) is 24.0. The summed E-state index contributed by atoms with van der Waals surface area (Å²) in [5.41, 5.74) is 8.61. The van der Waals surface area contributed by atoms with Gasteiger partial charge in [0.15, 0.2) is 0 Å². The van der Waals surface area contributed by atoms with Crippen molar-refractivity contribution in [3.05, 3.63) is 129 Å². The van der Waals surface area contributed by atoms with E-state index in [9.17, 15) is 20.4 Å². The number of phenolic OH excluding ortho intramolecular Hbond substituents is 4. The molecule has 0 fully saturated rings. The van der Waals surface area contributed by atoms with Crippen LogP contribution in [0.1, 0.15) is 128 Å². The third kappa shape index (κ3) is 12.0. The van der Waals surface area contributed by atoms with Crippen LogP contribution >= 0.6 is 0 Å². The Morgan fingerprint density at radius 2 is 0.632 bits per heavy atom.